The molecule has 1 N–H and O–H groups in total. The van der Waals surface area contributed by atoms with Crippen molar-refractivity contribution in [2.75, 3.05) is 0 Å². The van der Waals surface area contributed by atoms with Crippen LogP contribution in [0.2, 0.25) is 0 Å². The van der Waals surface area contributed by atoms with Crippen LogP contribution in [-0.2, 0) is 12.8 Å². The highest BCUT2D eigenvalue weighted by Gasteiger charge is 2.17. The van der Waals surface area contributed by atoms with Gasteiger partial charge in [0.25, 0.3) is 5.91 Å². The number of amides is 1. The van der Waals surface area contributed by atoms with E-state index in [0.717, 1.165) is 17.9 Å². The van der Waals surface area contributed by atoms with E-state index in [1.165, 1.54) is 5.56 Å². The number of para-hydroxylation sites is 1. The molecule has 3 aromatic rings. The lowest BCUT2D eigenvalue weighted by Crippen LogP contribution is -2.31. The van der Waals surface area contributed by atoms with E-state index in [1.54, 1.807) is 4.68 Å². The van der Waals surface area contributed by atoms with E-state index in [-0.39, 0.29) is 17.8 Å². The molecule has 0 spiro atoms. The lowest BCUT2D eigenvalue weighted by Gasteiger charge is -2.05. The quantitative estimate of drug-likeness (QED) is 0.753. The van der Waals surface area contributed by atoms with E-state index >= 15 is 0 Å². The molecule has 2 aromatic carbocycles. The van der Waals surface area contributed by atoms with Crippen LogP contribution in [0.25, 0.3) is 5.69 Å². The van der Waals surface area contributed by atoms with Gasteiger partial charge in [0.15, 0.2) is 0 Å². The second kappa shape index (κ2) is 7.75. The third-order valence-electron chi connectivity index (χ3n) is 3.78. The summed E-state index contributed by atoms with van der Waals surface area (Å²) in [6, 6.07) is 20.1. The highest BCUT2D eigenvalue weighted by Crippen LogP contribution is 2.13. The zero-order valence-electron chi connectivity index (χ0n) is 14.5. The number of aromatic nitrogens is 3. The first kappa shape index (κ1) is 16.9. The first-order chi connectivity index (χ1) is 12.1. The van der Waals surface area contributed by atoms with Gasteiger partial charge < -0.3 is 5.32 Å². The molecular formula is C20H22N4O. The monoisotopic (exact) mass is 334 g/mol. The summed E-state index contributed by atoms with van der Waals surface area (Å²) in [5.74, 6) is 0.746. The SMILES string of the molecule is CC(C)NC(=O)c1nc(CCc2ccccc2)n(-c2ccccc2)n1. The average molecular weight is 334 g/mol. The summed E-state index contributed by atoms with van der Waals surface area (Å²) in [5, 5.41) is 7.29. The highest BCUT2D eigenvalue weighted by atomic mass is 16.2. The number of carbonyl (C=O) groups excluding carboxylic acids is 1. The molecular weight excluding hydrogens is 312 g/mol. The Morgan fingerprint density at radius 2 is 1.64 bits per heavy atom. The number of nitrogens with one attached hydrogen (secondary N) is 1. The van der Waals surface area contributed by atoms with Crippen molar-refractivity contribution in [3.63, 3.8) is 0 Å². The fourth-order valence-corrected chi connectivity index (χ4v) is 2.61. The lowest BCUT2D eigenvalue weighted by molar-refractivity contribution is 0.0932. The highest BCUT2D eigenvalue weighted by molar-refractivity contribution is 5.90. The molecule has 0 fully saturated rings. The van der Waals surface area contributed by atoms with Crippen LogP contribution in [0.15, 0.2) is 60.7 Å². The van der Waals surface area contributed by atoms with Crippen molar-refractivity contribution in [1.82, 2.24) is 20.1 Å². The van der Waals surface area contributed by atoms with Crippen LogP contribution in [0.5, 0.6) is 0 Å². The summed E-state index contributed by atoms with van der Waals surface area (Å²) in [4.78, 5) is 16.8. The van der Waals surface area contributed by atoms with Gasteiger partial charge in [-0.15, -0.1) is 5.10 Å². The maximum Gasteiger partial charge on any atom is 0.291 e. The molecule has 0 atom stereocenters. The maximum atomic E-state index is 12.3. The van der Waals surface area contributed by atoms with Crippen LogP contribution in [-0.4, -0.2) is 26.7 Å². The number of hydrogen-bond acceptors (Lipinski definition) is 3. The summed E-state index contributed by atoms with van der Waals surface area (Å²) < 4.78 is 1.76. The molecule has 128 valence electrons. The molecule has 5 nitrogen and oxygen atoms in total. The molecule has 1 aromatic heterocycles. The van der Waals surface area contributed by atoms with Gasteiger partial charge in [-0.1, -0.05) is 48.5 Å². The van der Waals surface area contributed by atoms with Crippen molar-refractivity contribution in [2.45, 2.75) is 32.7 Å². The molecule has 0 aliphatic heterocycles. The third kappa shape index (κ3) is 4.32. The largest absolute Gasteiger partial charge is 0.347 e. The van der Waals surface area contributed by atoms with E-state index in [9.17, 15) is 4.79 Å². The van der Waals surface area contributed by atoms with E-state index in [2.05, 4.69) is 27.5 Å². The zero-order chi connectivity index (χ0) is 17.6. The first-order valence-corrected chi connectivity index (χ1v) is 8.49. The Morgan fingerprint density at radius 1 is 1.00 bits per heavy atom. The van der Waals surface area contributed by atoms with Crippen LogP contribution in [0, 0.1) is 0 Å². The minimum absolute atomic E-state index is 0.0453. The van der Waals surface area contributed by atoms with Gasteiger partial charge in [-0.25, -0.2) is 9.67 Å². The van der Waals surface area contributed by atoms with Gasteiger partial charge in [0, 0.05) is 12.5 Å². The van der Waals surface area contributed by atoms with Gasteiger partial charge in [-0.05, 0) is 38.0 Å². The van der Waals surface area contributed by atoms with Gasteiger partial charge in [0.2, 0.25) is 5.82 Å². The number of rotatable bonds is 6. The van der Waals surface area contributed by atoms with E-state index < -0.39 is 0 Å². The Morgan fingerprint density at radius 3 is 2.28 bits per heavy atom. The summed E-state index contributed by atoms with van der Waals surface area (Å²) in [6.45, 7) is 3.84. The third-order valence-corrected chi connectivity index (χ3v) is 3.78. The summed E-state index contributed by atoms with van der Waals surface area (Å²) in [7, 11) is 0. The Balaban J connectivity index is 1.88. The number of aryl methyl sites for hydroxylation is 2. The fraction of sp³-hybridized carbons (Fsp3) is 0.250. The predicted octanol–water partition coefficient (Wildman–Crippen LogP) is 3.19. The second-order valence-electron chi connectivity index (χ2n) is 6.21. The normalized spacial score (nSPS) is 10.8. The molecule has 25 heavy (non-hydrogen) atoms. The molecule has 0 aliphatic carbocycles. The van der Waals surface area contributed by atoms with Crippen LogP contribution >= 0.6 is 0 Å². The van der Waals surface area contributed by atoms with E-state index in [1.807, 2.05) is 62.4 Å². The summed E-state index contributed by atoms with van der Waals surface area (Å²) in [5.41, 5.74) is 2.14. The molecule has 0 bridgehead atoms. The van der Waals surface area contributed by atoms with Crippen molar-refractivity contribution in [3.8, 4) is 5.69 Å². The number of nitrogens with zero attached hydrogens (tertiary/aromatic N) is 3. The molecule has 0 radical (unpaired) electrons. The van der Waals surface area contributed by atoms with Crippen LogP contribution in [0.4, 0.5) is 0 Å². The van der Waals surface area contributed by atoms with Crippen LogP contribution in [0.1, 0.15) is 35.9 Å². The van der Waals surface area contributed by atoms with E-state index in [4.69, 9.17) is 0 Å². The molecule has 0 unspecified atom stereocenters. The minimum atomic E-state index is -0.245. The van der Waals surface area contributed by atoms with Crippen molar-refractivity contribution < 1.29 is 4.79 Å². The summed E-state index contributed by atoms with van der Waals surface area (Å²) >= 11 is 0. The average Bonchev–Trinajstić information content (AvgIpc) is 3.05. The number of hydrogen-bond donors (Lipinski definition) is 1. The predicted molar refractivity (Wildman–Crippen MR) is 97.8 cm³/mol. The topological polar surface area (TPSA) is 59.8 Å². The Labute approximate surface area is 147 Å². The van der Waals surface area contributed by atoms with E-state index in [0.29, 0.717) is 6.42 Å². The van der Waals surface area contributed by atoms with Gasteiger partial charge in [-0.2, -0.15) is 0 Å². The number of carbonyl (C=O) groups is 1. The zero-order valence-corrected chi connectivity index (χ0v) is 14.5. The fourth-order valence-electron chi connectivity index (χ4n) is 2.61. The molecule has 0 saturated carbocycles. The first-order valence-electron chi connectivity index (χ1n) is 8.49. The molecule has 1 amide bonds. The Hall–Kier alpha value is -2.95. The van der Waals surface area contributed by atoms with Crippen LogP contribution < -0.4 is 5.32 Å². The molecule has 5 heteroatoms. The summed E-state index contributed by atoms with van der Waals surface area (Å²) in [6.07, 6.45) is 1.55. The molecule has 3 rings (SSSR count). The van der Waals surface area contributed by atoms with Gasteiger partial charge >= 0.3 is 0 Å². The number of benzene rings is 2. The Kier molecular flexibility index (Phi) is 5.23. The second-order valence-corrected chi connectivity index (χ2v) is 6.21. The Bertz CT molecular complexity index is 825. The van der Waals surface area contributed by atoms with Gasteiger partial charge in [0.05, 0.1) is 5.69 Å². The minimum Gasteiger partial charge on any atom is -0.347 e. The molecule has 0 saturated heterocycles. The lowest BCUT2D eigenvalue weighted by atomic mass is 10.1. The van der Waals surface area contributed by atoms with Gasteiger partial charge in [-0.3, -0.25) is 4.79 Å². The van der Waals surface area contributed by atoms with Gasteiger partial charge in [0.1, 0.15) is 5.82 Å². The maximum absolute atomic E-state index is 12.3. The standard InChI is InChI=1S/C20H22N4O/c1-15(2)21-20(25)19-22-18(14-13-16-9-5-3-6-10-16)24(23-19)17-11-7-4-8-12-17/h3-12,15H,13-14H2,1-2H3,(H,21,25). The van der Waals surface area contributed by atoms with Crippen molar-refractivity contribution >= 4 is 5.91 Å². The van der Waals surface area contributed by atoms with Crippen molar-refractivity contribution in [3.05, 3.63) is 77.9 Å². The molecule has 1 heterocycles. The van der Waals surface area contributed by atoms with Crippen LogP contribution in [0.3, 0.4) is 0 Å². The molecule has 0 aliphatic rings. The smallest absolute Gasteiger partial charge is 0.291 e. The van der Waals surface area contributed by atoms with Crippen molar-refractivity contribution in [1.29, 1.82) is 0 Å². The van der Waals surface area contributed by atoms with Crippen molar-refractivity contribution in [2.24, 2.45) is 0 Å².